The van der Waals surface area contributed by atoms with Gasteiger partial charge >= 0.3 is 0 Å². The Hall–Kier alpha value is -2.87. The first-order valence-electron chi connectivity index (χ1n) is 7.43. The quantitative estimate of drug-likeness (QED) is 0.725. The maximum Gasteiger partial charge on any atom is 0.133 e. The first-order chi connectivity index (χ1) is 10.8. The highest BCUT2D eigenvalue weighted by Gasteiger charge is 2.24. The summed E-state index contributed by atoms with van der Waals surface area (Å²) in [5, 5.41) is 8.37. The van der Waals surface area contributed by atoms with Crippen LogP contribution in [-0.4, -0.2) is 5.84 Å². The van der Waals surface area contributed by atoms with Crippen LogP contribution in [0.3, 0.4) is 0 Å². The molecule has 22 heavy (non-hydrogen) atoms. The summed E-state index contributed by atoms with van der Waals surface area (Å²) in [6, 6.07) is 27.0. The molecule has 0 aliphatic carbocycles. The van der Waals surface area contributed by atoms with Crippen molar-refractivity contribution in [3.8, 4) is 11.1 Å². The number of rotatable bonds is 2. The van der Waals surface area contributed by atoms with Crippen molar-refractivity contribution in [3.63, 3.8) is 0 Å². The minimum atomic E-state index is 0.586. The Labute approximate surface area is 130 Å². The summed E-state index contributed by atoms with van der Waals surface area (Å²) in [6.45, 7) is 0.777. The Balaban J connectivity index is 1.64. The van der Waals surface area contributed by atoms with Crippen LogP contribution in [0.15, 0.2) is 78.9 Å². The van der Waals surface area contributed by atoms with Gasteiger partial charge in [0.15, 0.2) is 0 Å². The maximum absolute atomic E-state index is 8.37. The number of amidine groups is 1. The lowest BCUT2D eigenvalue weighted by Gasteiger charge is -2.18. The smallest absolute Gasteiger partial charge is 0.133 e. The number of benzene rings is 3. The molecule has 0 amide bonds. The first-order valence-corrected chi connectivity index (χ1v) is 7.43. The van der Waals surface area contributed by atoms with Gasteiger partial charge in [0.25, 0.3) is 0 Å². The second-order valence-electron chi connectivity index (χ2n) is 5.50. The van der Waals surface area contributed by atoms with Gasteiger partial charge in [-0.3, -0.25) is 5.41 Å². The summed E-state index contributed by atoms with van der Waals surface area (Å²) < 4.78 is 0. The van der Waals surface area contributed by atoms with Crippen LogP contribution in [-0.2, 0) is 6.54 Å². The minimum Gasteiger partial charge on any atom is -0.322 e. The molecule has 2 heteroatoms. The second kappa shape index (κ2) is 5.15. The van der Waals surface area contributed by atoms with Crippen LogP contribution in [0.4, 0.5) is 5.69 Å². The molecule has 0 bridgehead atoms. The molecule has 1 aliphatic rings. The fourth-order valence-electron chi connectivity index (χ4n) is 2.97. The third kappa shape index (κ3) is 2.09. The number of anilines is 1. The minimum absolute atomic E-state index is 0.586. The highest BCUT2D eigenvalue weighted by Crippen LogP contribution is 2.29. The molecular formula is C20H16N2. The average Bonchev–Trinajstić information content (AvgIpc) is 2.93. The fourth-order valence-corrected chi connectivity index (χ4v) is 2.97. The van der Waals surface area contributed by atoms with Crippen molar-refractivity contribution in [2.45, 2.75) is 6.54 Å². The van der Waals surface area contributed by atoms with Gasteiger partial charge in [-0.2, -0.15) is 0 Å². The molecule has 2 nitrogen and oxygen atoms in total. The SMILES string of the molecule is N=C1c2ccccc2CN1c1ccc(-c2ccccc2)cc1. The molecule has 0 saturated heterocycles. The standard InChI is InChI=1S/C20H16N2/c21-20-19-9-5-4-8-17(19)14-22(20)18-12-10-16(11-13-18)15-6-2-1-3-7-15/h1-13,21H,14H2. The molecule has 0 atom stereocenters. The second-order valence-corrected chi connectivity index (χ2v) is 5.50. The molecule has 1 N–H and O–H groups in total. The van der Waals surface area contributed by atoms with E-state index in [0.717, 1.165) is 17.8 Å². The third-order valence-electron chi connectivity index (χ3n) is 4.16. The van der Waals surface area contributed by atoms with Crippen molar-refractivity contribution in [2.24, 2.45) is 0 Å². The van der Waals surface area contributed by atoms with E-state index < -0.39 is 0 Å². The molecule has 1 aliphatic heterocycles. The highest BCUT2D eigenvalue weighted by molar-refractivity contribution is 6.11. The highest BCUT2D eigenvalue weighted by atomic mass is 15.2. The molecule has 3 aromatic rings. The Morgan fingerprint density at radius 3 is 2.05 bits per heavy atom. The van der Waals surface area contributed by atoms with Crippen molar-refractivity contribution in [1.82, 2.24) is 0 Å². The van der Waals surface area contributed by atoms with E-state index in [1.807, 2.05) is 24.3 Å². The van der Waals surface area contributed by atoms with Crippen molar-refractivity contribution in [1.29, 1.82) is 5.41 Å². The van der Waals surface area contributed by atoms with Crippen LogP contribution < -0.4 is 4.90 Å². The topological polar surface area (TPSA) is 27.1 Å². The maximum atomic E-state index is 8.37. The Morgan fingerprint density at radius 2 is 1.32 bits per heavy atom. The number of hydrogen-bond donors (Lipinski definition) is 1. The van der Waals surface area contributed by atoms with Crippen molar-refractivity contribution in [3.05, 3.63) is 90.0 Å². The predicted molar refractivity (Wildman–Crippen MR) is 91.3 cm³/mol. The summed E-state index contributed by atoms with van der Waals surface area (Å²) >= 11 is 0. The van der Waals surface area contributed by atoms with Gasteiger partial charge in [0.1, 0.15) is 5.84 Å². The van der Waals surface area contributed by atoms with Crippen LogP contribution in [0, 0.1) is 5.41 Å². The molecule has 3 aromatic carbocycles. The van der Waals surface area contributed by atoms with Gasteiger partial charge in [0.2, 0.25) is 0 Å². The van der Waals surface area contributed by atoms with E-state index >= 15 is 0 Å². The van der Waals surface area contributed by atoms with Crippen LogP contribution in [0.5, 0.6) is 0 Å². The van der Waals surface area contributed by atoms with E-state index in [9.17, 15) is 0 Å². The Bertz CT molecular complexity index is 820. The molecule has 0 fully saturated rings. The molecule has 0 aromatic heterocycles. The predicted octanol–water partition coefficient (Wildman–Crippen LogP) is 4.70. The third-order valence-corrected chi connectivity index (χ3v) is 4.16. The van der Waals surface area contributed by atoms with E-state index in [2.05, 4.69) is 59.5 Å². The van der Waals surface area contributed by atoms with Gasteiger partial charge < -0.3 is 4.90 Å². The molecular weight excluding hydrogens is 268 g/mol. The molecule has 4 rings (SSSR count). The van der Waals surface area contributed by atoms with E-state index in [1.54, 1.807) is 0 Å². The van der Waals surface area contributed by atoms with Crippen molar-refractivity contribution >= 4 is 11.5 Å². The molecule has 0 radical (unpaired) electrons. The molecule has 106 valence electrons. The number of nitrogens with one attached hydrogen (secondary N) is 1. The Kier molecular flexibility index (Phi) is 3.01. The molecule has 1 heterocycles. The first kappa shape index (κ1) is 12.8. The average molecular weight is 284 g/mol. The van der Waals surface area contributed by atoms with E-state index in [0.29, 0.717) is 5.84 Å². The lowest BCUT2D eigenvalue weighted by atomic mass is 10.1. The summed E-state index contributed by atoms with van der Waals surface area (Å²) in [4.78, 5) is 2.06. The summed E-state index contributed by atoms with van der Waals surface area (Å²) in [5.41, 5.74) is 5.75. The number of hydrogen-bond acceptors (Lipinski definition) is 1. The van der Waals surface area contributed by atoms with E-state index in [1.165, 1.54) is 16.7 Å². The number of nitrogens with zero attached hydrogens (tertiary/aromatic N) is 1. The van der Waals surface area contributed by atoms with Crippen LogP contribution in [0.1, 0.15) is 11.1 Å². The van der Waals surface area contributed by atoms with E-state index in [-0.39, 0.29) is 0 Å². The lowest BCUT2D eigenvalue weighted by molar-refractivity contribution is 1.05. The van der Waals surface area contributed by atoms with Crippen LogP contribution in [0.25, 0.3) is 11.1 Å². The molecule has 0 saturated carbocycles. The molecule has 0 spiro atoms. The summed E-state index contributed by atoms with van der Waals surface area (Å²) in [5.74, 6) is 0.586. The largest absolute Gasteiger partial charge is 0.322 e. The van der Waals surface area contributed by atoms with Crippen LogP contribution in [0.2, 0.25) is 0 Å². The van der Waals surface area contributed by atoms with Crippen LogP contribution >= 0.6 is 0 Å². The summed E-state index contributed by atoms with van der Waals surface area (Å²) in [7, 11) is 0. The fraction of sp³-hybridized carbons (Fsp3) is 0.0500. The number of fused-ring (bicyclic) bond motifs is 1. The monoisotopic (exact) mass is 284 g/mol. The Morgan fingerprint density at radius 1 is 0.682 bits per heavy atom. The van der Waals surface area contributed by atoms with Crippen molar-refractivity contribution in [2.75, 3.05) is 4.90 Å². The van der Waals surface area contributed by atoms with Gasteiger partial charge in [-0.25, -0.2) is 0 Å². The van der Waals surface area contributed by atoms with Gasteiger partial charge in [0, 0.05) is 11.3 Å². The zero-order chi connectivity index (χ0) is 14.9. The van der Waals surface area contributed by atoms with Gasteiger partial charge in [-0.15, -0.1) is 0 Å². The van der Waals surface area contributed by atoms with Crippen molar-refractivity contribution < 1.29 is 0 Å². The molecule has 0 unspecified atom stereocenters. The normalized spacial score (nSPS) is 13.3. The zero-order valence-corrected chi connectivity index (χ0v) is 12.2. The van der Waals surface area contributed by atoms with Gasteiger partial charge in [-0.1, -0.05) is 66.7 Å². The lowest BCUT2D eigenvalue weighted by Crippen LogP contribution is -2.22. The summed E-state index contributed by atoms with van der Waals surface area (Å²) in [6.07, 6.45) is 0. The zero-order valence-electron chi connectivity index (χ0n) is 12.2. The van der Waals surface area contributed by atoms with E-state index in [4.69, 9.17) is 5.41 Å². The van der Waals surface area contributed by atoms with Gasteiger partial charge in [0.05, 0.1) is 6.54 Å². The van der Waals surface area contributed by atoms with Gasteiger partial charge in [-0.05, 0) is 28.8 Å².